The normalized spacial score (nSPS) is 14.7. The summed E-state index contributed by atoms with van der Waals surface area (Å²) < 4.78 is 40.7. The lowest BCUT2D eigenvalue weighted by molar-refractivity contribution is -0.138. The first-order chi connectivity index (χ1) is 9.97. The largest absolute Gasteiger partial charge is 0.416 e. The number of aryl methyl sites for hydroxylation is 1. The van der Waals surface area contributed by atoms with Gasteiger partial charge < -0.3 is 5.32 Å². The van der Waals surface area contributed by atoms with E-state index >= 15 is 0 Å². The summed E-state index contributed by atoms with van der Waals surface area (Å²) in [6.45, 7) is 3.26. The number of alkyl halides is 3. The molecule has 1 aromatic carbocycles. The van der Waals surface area contributed by atoms with Gasteiger partial charge in [0.25, 0.3) is 0 Å². The summed E-state index contributed by atoms with van der Waals surface area (Å²) in [5, 5.41) is 7.56. The number of aromatic nitrogens is 2. The summed E-state index contributed by atoms with van der Waals surface area (Å²) in [5.41, 5.74) is 1.36. The van der Waals surface area contributed by atoms with Crippen LogP contribution in [0.1, 0.15) is 28.7 Å². The smallest absolute Gasteiger partial charge is 0.370 e. The Labute approximate surface area is 120 Å². The first kappa shape index (κ1) is 14.0. The first-order valence-electron chi connectivity index (χ1n) is 6.91. The number of hydrogen-bond donors (Lipinski definition) is 1. The maximum absolute atomic E-state index is 13.0. The van der Waals surface area contributed by atoms with Crippen LogP contribution in [0.3, 0.4) is 0 Å². The van der Waals surface area contributed by atoms with Gasteiger partial charge in [-0.15, -0.1) is 0 Å². The van der Waals surface area contributed by atoms with Crippen LogP contribution in [0.25, 0.3) is 0 Å². The van der Waals surface area contributed by atoms with Gasteiger partial charge in [0.2, 0.25) is 0 Å². The van der Waals surface area contributed by atoms with Crippen molar-refractivity contribution >= 4 is 5.82 Å². The molecule has 21 heavy (non-hydrogen) atoms. The van der Waals surface area contributed by atoms with E-state index in [-0.39, 0.29) is 0 Å². The fourth-order valence-electron chi connectivity index (χ4n) is 2.75. The van der Waals surface area contributed by atoms with Crippen molar-refractivity contribution in [3.8, 4) is 0 Å². The Morgan fingerprint density at radius 3 is 2.86 bits per heavy atom. The quantitative estimate of drug-likeness (QED) is 0.917. The van der Waals surface area contributed by atoms with Crippen molar-refractivity contribution in [3.63, 3.8) is 0 Å². The molecule has 2 aromatic rings. The number of hydrogen-bond acceptors (Lipinski definition) is 2. The average Bonchev–Trinajstić information content (AvgIpc) is 2.83. The molecule has 2 heterocycles. The van der Waals surface area contributed by atoms with Crippen molar-refractivity contribution < 1.29 is 13.2 Å². The minimum absolute atomic E-state index is 0.292. The zero-order valence-corrected chi connectivity index (χ0v) is 11.7. The molecule has 0 atom stereocenters. The van der Waals surface area contributed by atoms with E-state index in [2.05, 4.69) is 10.4 Å². The van der Waals surface area contributed by atoms with E-state index in [1.165, 1.54) is 13.0 Å². The van der Waals surface area contributed by atoms with Crippen LogP contribution >= 0.6 is 0 Å². The van der Waals surface area contributed by atoms with Crippen LogP contribution in [0.15, 0.2) is 24.4 Å². The fraction of sp³-hybridized carbons (Fsp3) is 0.400. The number of rotatable bonds is 2. The lowest BCUT2D eigenvalue weighted by Crippen LogP contribution is -2.18. The molecule has 0 amide bonds. The van der Waals surface area contributed by atoms with Crippen LogP contribution in [0.2, 0.25) is 0 Å². The highest BCUT2D eigenvalue weighted by molar-refractivity contribution is 5.49. The minimum Gasteiger partial charge on any atom is -0.370 e. The van der Waals surface area contributed by atoms with E-state index < -0.39 is 11.7 Å². The van der Waals surface area contributed by atoms with Crippen molar-refractivity contribution in [1.29, 1.82) is 0 Å². The molecule has 3 nitrogen and oxygen atoms in total. The van der Waals surface area contributed by atoms with Gasteiger partial charge in [-0.1, -0.05) is 12.1 Å². The summed E-state index contributed by atoms with van der Waals surface area (Å²) in [4.78, 5) is 0. The second-order valence-electron chi connectivity index (χ2n) is 5.29. The summed E-state index contributed by atoms with van der Waals surface area (Å²) in [5.74, 6) is 0.929. The maximum atomic E-state index is 13.0. The summed E-state index contributed by atoms with van der Waals surface area (Å²) in [7, 11) is 0. The second kappa shape index (κ2) is 5.09. The zero-order chi connectivity index (χ0) is 15.0. The first-order valence-corrected chi connectivity index (χ1v) is 6.91. The Morgan fingerprint density at radius 2 is 2.10 bits per heavy atom. The third-order valence-electron chi connectivity index (χ3n) is 3.89. The van der Waals surface area contributed by atoms with Crippen LogP contribution in [0, 0.1) is 6.92 Å². The Hall–Kier alpha value is -1.98. The van der Waals surface area contributed by atoms with Crippen LogP contribution < -0.4 is 5.32 Å². The third-order valence-corrected chi connectivity index (χ3v) is 3.89. The molecule has 0 saturated carbocycles. The monoisotopic (exact) mass is 295 g/mol. The van der Waals surface area contributed by atoms with E-state index in [0.717, 1.165) is 37.0 Å². The lowest BCUT2D eigenvalue weighted by Gasteiger charge is -2.18. The molecule has 0 saturated heterocycles. The van der Waals surface area contributed by atoms with Crippen molar-refractivity contribution in [3.05, 3.63) is 46.6 Å². The Bertz CT molecular complexity index is 659. The van der Waals surface area contributed by atoms with Crippen LogP contribution in [0.4, 0.5) is 19.0 Å². The molecule has 112 valence electrons. The predicted molar refractivity (Wildman–Crippen MR) is 74.3 cm³/mol. The topological polar surface area (TPSA) is 29.9 Å². The second-order valence-corrected chi connectivity index (χ2v) is 5.29. The molecule has 0 radical (unpaired) electrons. The number of nitrogens with zero attached hydrogens (tertiary/aromatic N) is 2. The highest BCUT2D eigenvalue weighted by Gasteiger charge is 2.32. The Morgan fingerprint density at radius 1 is 1.29 bits per heavy atom. The number of anilines is 1. The van der Waals surface area contributed by atoms with E-state index in [4.69, 9.17) is 0 Å². The highest BCUT2D eigenvalue weighted by atomic mass is 19.4. The van der Waals surface area contributed by atoms with Gasteiger partial charge in [-0.2, -0.15) is 18.3 Å². The predicted octanol–water partition coefficient (Wildman–Crippen LogP) is 3.62. The molecule has 1 aliphatic heterocycles. The zero-order valence-electron chi connectivity index (χ0n) is 11.7. The minimum atomic E-state index is -4.31. The fourth-order valence-corrected chi connectivity index (χ4v) is 2.75. The lowest BCUT2D eigenvalue weighted by atomic mass is 9.97. The van der Waals surface area contributed by atoms with Crippen LogP contribution in [-0.2, 0) is 19.1 Å². The summed E-state index contributed by atoms with van der Waals surface area (Å²) >= 11 is 0. The number of nitrogens with one attached hydrogen (secondary N) is 1. The van der Waals surface area contributed by atoms with Gasteiger partial charge in [0, 0.05) is 25.1 Å². The van der Waals surface area contributed by atoms with Crippen LogP contribution in [-0.4, -0.2) is 16.3 Å². The highest BCUT2D eigenvalue weighted by Crippen LogP contribution is 2.34. The van der Waals surface area contributed by atoms with Gasteiger partial charge in [0.05, 0.1) is 11.8 Å². The van der Waals surface area contributed by atoms with Gasteiger partial charge in [0.15, 0.2) is 0 Å². The van der Waals surface area contributed by atoms with E-state index in [0.29, 0.717) is 17.5 Å². The molecule has 0 bridgehead atoms. The molecule has 1 aromatic heterocycles. The van der Waals surface area contributed by atoms with Gasteiger partial charge in [-0.05, 0) is 30.5 Å². The molecule has 0 spiro atoms. The SMILES string of the molecule is Cc1c(Cc2cnn3c2NCCC3)cccc1C(F)(F)F. The number of fused-ring (bicyclic) bond motifs is 1. The number of halogens is 3. The molecule has 0 fully saturated rings. The van der Waals surface area contributed by atoms with Crippen molar-refractivity contribution in [2.24, 2.45) is 0 Å². The Balaban J connectivity index is 1.94. The van der Waals surface area contributed by atoms with Crippen LogP contribution in [0.5, 0.6) is 0 Å². The van der Waals surface area contributed by atoms with Gasteiger partial charge in [-0.25, -0.2) is 4.68 Å². The molecule has 0 unspecified atom stereocenters. The standard InChI is InChI=1S/C15H16F3N3/c1-10-11(4-2-5-13(10)15(16,17)18)8-12-9-20-21-7-3-6-19-14(12)21/h2,4-5,9,19H,3,6-8H2,1H3. The third kappa shape index (κ3) is 2.62. The van der Waals surface area contributed by atoms with E-state index in [9.17, 15) is 13.2 Å². The van der Waals surface area contributed by atoms with E-state index in [1.54, 1.807) is 12.3 Å². The summed E-state index contributed by atoms with van der Waals surface area (Å²) in [6.07, 6.45) is -1.10. The van der Waals surface area contributed by atoms with Gasteiger partial charge in [-0.3, -0.25) is 0 Å². The van der Waals surface area contributed by atoms with Crippen molar-refractivity contribution in [1.82, 2.24) is 9.78 Å². The van der Waals surface area contributed by atoms with Gasteiger partial charge in [0.1, 0.15) is 5.82 Å². The number of benzene rings is 1. The molecule has 3 rings (SSSR count). The molecule has 1 N–H and O–H groups in total. The van der Waals surface area contributed by atoms with Crippen molar-refractivity contribution in [2.45, 2.75) is 32.5 Å². The van der Waals surface area contributed by atoms with E-state index in [1.807, 2.05) is 4.68 Å². The molecular weight excluding hydrogens is 279 g/mol. The Kier molecular flexibility index (Phi) is 3.39. The summed E-state index contributed by atoms with van der Waals surface area (Å²) in [6, 6.07) is 4.34. The molecule has 1 aliphatic rings. The molecule has 0 aliphatic carbocycles. The molecule has 6 heteroatoms. The molecular formula is C15H16F3N3. The van der Waals surface area contributed by atoms with Crippen molar-refractivity contribution in [2.75, 3.05) is 11.9 Å². The average molecular weight is 295 g/mol. The van der Waals surface area contributed by atoms with Gasteiger partial charge >= 0.3 is 6.18 Å². The maximum Gasteiger partial charge on any atom is 0.416 e.